The molecule has 0 spiro atoms. The van der Waals surface area contributed by atoms with Gasteiger partial charge in [-0.15, -0.1) is 11.3 Å². The van der Waals surface area contributed by atoms with Crippen LogP contribution in [-0.4, -0.2) is 14.9 Å². The molecular weight excluding hydrogens is 344 g/mol. The van der Waals surface area contributed by atoms with Crippen LogP contribution in [0.4, 0.5) is 17.2 Å². The van der Waals surface area contributed by atoms with Crippen molar-refractivity contribution in [2.75, 3.05) is 5.32 Å². The molecule has 0 aliphatic carbocycles. The summed E-state index contributed by atoms with van der Waals surface area (Å²) in [4.78, 5) is 18.8. The van der Waals surface area contributed by atoms with Crippen molar-refractivity contribution in [3.63, 3.8) is 0 Å². The molecule has 100 valence electrons. The number of pyridine rings is 1. The van der Waals surface area contributed by atoms with E-state index in [-0.39, 0.29) is 11.5 Å². The van der Waals surface area contributed by atoms with E-state index in [0.29, 0.717) is 4.47 Å². The maximum Gasteiger partial charge on any atom is 0.312 e. The van der Waals surface area contributed by atoms with E-state index in [1.807, 2.05) is 18.2 Å². The molecule has 8 heteroatoms. The predicted octanol–water partition coefficient (Wildman–Crippen LogP) is 4.11. The average molecular weight is 351 g/mol. The number of nitro groups is 1. The molecule has 0 aliphatic rings. The van der Waals surface area contributed by atoms with Gasteiger partial charge >= 0.3 is 5.69 Å². The van der Waals surface area contributed by atoms with Gasteiger partial charge in [-0.05, 0) is 34.1 Å². The number of hydrogen-bond acceptors (Lipinski definition) is 6. The van der Waals surface area contributed by atoms with Crippen LogP contribution in [0, 0.1) is 10.1 Å². The number of fused-ring (bicyclic) bond motifs is 1. The van der Waals surface area contributed by atoms with Crippen LogP contribution in [0.15, 0.2) is 40.4 Å². The summed E-state index contributed by atoms with van der Waals surface area (Å²) in [5.74, 6) is 0.210. The Bertz CT molecular complexity index is 805. The van der Waals surface area contributed by atoms with Gasteiger partial charge in [0.2, 0.25) is 5.82 Å². The Morgan fingerprint density at radius 3 is 2.95 bits per heavy atom. The third-order valence-electron chi connectivity index (χ3n) is 2.62. The fourth-order valence-electron chi connectivity index (χ4n) is 1.73. The Balaban J connectivity index is 1.99. The number of halogens is 1. The Morgan fingerprint density at radius 1 is 1.30 bits per heavy atom. The van der Waals surface area contributed by atoms with Gasteiger partial charge in [-0.1, -0.05) is 0 Å². The van der Waals surface area contributed by atoms with E-state index in [1.54, 1.807) is 5.51 Å². The first kappa shape index (κ1) is 12.9. The second-order valence-electron chi connectivity index (χ2n) is 3.94. The standard InChI is InChI=1S/C12H7BrN4O2S/c13-7-3-10(17(18)19)12(14-5-7)16-8-1-2-9-11(4-8)20-6-15-9/h1-6H,(H,14,16). The van der Waals surface area contributed by atoms with Gasteiger partial charge in [-0.3, -0.25) is 10.1 Å². The molecule has 3 rings (SSSR count). The van der Waals surface area contributed by atoms with Crippen LogP contribution in [0.5, 0.6) is 0 Å². The Morgan fingerprint density at radius 2 is 2.15 bits per heavy atom. The molecule has 0 fully saturated rings. The maximum absolute atomic E-state index is 11.0. The van der Waals surface area contributed by atoms with E-state index < -0.39 is 4.92 Å². The van der Waals surface area contributed by atoms with Crippen molar-refractivity contribution < 1.29 is 4.92 Å². The summed E-state index contributed by atoms with van der Waals surface area (Å²) in [5.41, 5.74) is 3.32. The van der Waals surface area contributed by atoms with Gasteiger partial charge in [0, 0.05) is 22.4 Å². The van der Waals surface area contributed by atoms with Gasteiger partial charge in [0.05, 0.1) is 20.7 Å². The Hall–Kier alpha value is -2.06. The van der Waals surface area contributed by atoms with Crippen LogP contribution in [0.3, 0.4) is 0 Å². The van der Waals surface area contributed by atoms with Crippen LogP contribution in [0.1, 0.15) is 0 Å². The van der Waals surface area contributed by atoms with Crippen molar-refractivity contribution in [2.24, 2.45) is 0 Å². The first-order valence-electron chi connectivity index (χ1n) is 5.54. The zero-order valence-electron chi connectivity index (χ0n) is 9.91. The van der Waals surface area contributed by atoms with Gasteiger partial charge in [-0.2, -0.15) is 0 Å². The van der Waals surface area contributed by atoms with Gasteiger partial charge in [-0.25, -0.2) is 9.97 Å². The number of aromatic nitrogens is 2. The van der Waals surface area contributed by atoms with Gasteiger partial charge < -0.3 is 5.32 Å². The smallest absolute Gasteiger partial charge is 0.312 e. The molecule has 0 aliphatic heterocycles. The molecule has 0 atom stereocenters. The third-order valence-corrected chi connectivity index (χ3v) is 3.85. The number of nitrogens with one attached hydrogen (secondary N) is 1. The summed E-state index contributed by atoms with van der Waals surface area (Å²) in [7, 11) is 0. The molecule has 20 heavy (non-hydrogen) atoms. The van der Waals surface area contributed by atoms with E-state index in [0.717, 1.165) is 15.9 Å². The minimum atomic E-state index is -0.467. The molecule has 1 N–H and O–H groups in total. The molecule has 0 unspecified atom stereocenters. The second kappa shape index (κ2) is 5.14. The zero-order valence-corrected chi connectivity index (χ0v) is 12.3. The minimum Gasteiger partial charge on any atom is -0.334 e. The summed E-state index contributed by atoms with van der Waals surface area (Å²) in [5, 5.41) is 14.0. The summed E-state index contributed by atoms with van der Waals surface area (Å²) in [6.45, 7) is 0. The number of nitrogens with zero attached hydrogens (tertiary/aromatic N) is 3. The average Bonchev–Trinajstić information content (AvgIpc) is 2.88. The van der Waals surface area contributed by atoms with Crippen molar-refractivity contribution in [3.8, 4) is 0 Å². The lowest BCUT2D eigenvalue weighted by Crippen LogP contribution is -1.99. The van der Waals surface area contributed by atoms with Crippen LogP contribution < -0.4 is 5.32 Å². The molecule has 0 saturated carbocycles. The van der Waals surface area contributed by atoms with E-state index in [4.69, 9.17) is 0 Å². The van der Waals surface area contributed by atoms with Gasteiger partial charge in [0.15, 0.2) is 0 Å². The number of hydrogen-bond donors (Lipinski definition) is 1. The molecule has 3 aromatic rings. The largest absolute Gasteiger partial charge is 0.334 e. The van der Waals surface area contributed by atoms with Crippen molar-refractivity contribution in [2.45, 2.75) is 0 Å². The summed E-state index contributed by atoms with van der Waals surface area (Å²) >= 11 is 4.69. The zero-order chi connectivity index (χ0) is 14.1. The fraction of sp³-hybridized carbons (Fsp3) is 0. The molecule has 0 radical (unpaired) electrons. The highest BCUT2D eigenvalue weighted by molar-refractivity contribution is 9.10. The van der Waals surface area contributed by atoms with Crippen LogP contribution >= 0.6 is 27.3 Å². The normalized spacial score (nSPS) is 10.7. The number of benzene rings is 1. The maximum atomic E-state index is 11.0. The fourth-order valence-corrected chi connectivity index (χ4v) is 2.77. The van der Waals surface area contributed by atoms with E-state index >= 15 is 0 Å². The highest BCUT2D eigenvalue weighted by Gasteiger charge is 2.16. The highest BCUT2D eigenvalue weighted by atomic mass is 79.9. The van der Waals surface area contributed by atoms with Crippen molar-refractivity contribution in [3.05, 3.63) is 50.6 Å². The summed E-state index contributed by atoms with van der Waals surface area (Å²) in [6.07, 6.45) is 1.51. The van der Waals surface area contributed by atoms with E-state index in [2.05, 4.69) is 31.2 Å². The monoisotopic (exact) mass is 350 g/mol. The van der Waals surface area contributed by atoms with Gasteiger partial charge in [0.1, 0.15) is 0 Å². The van der Waals surface area contributed by atoms with E-state index in [1.165, 1.54) is 23.6 Å². The van der Waals surface area contributed by atoms with Crippen molar-refractivity contribution in [1.82, 2.24) is 9.97 Å². The molecule has 0 saturated heterocycles. The Labute approximate surface area is 125 Å². The molecule has 6 nitrogen and oxygen atoms in total. The predicted molar refractivity (Wildman–Crippen MR) is 81.5 cm³/mol. The third kappa shape index (κ3) is 2.47. The van der Waals surface area contributed by atoms with E-state index in [9.17, 15) is 10.1 Å². The number of thiazole rings is 1. The molecule has 2 heterocycles. The molecular formula is C12H7BrN4O2S. The van der Waals surface area contributed by atoms with Gasteiger partial charge in [0.25, 0.3) is 0 Å². The topological polar surface area (TPSA) is 81.0 Å². The molecule has 1 aromatic carbocycles. The van der Waals surface area contributed by atoms with Crippen LogP contribution in [0.25, 0.3) is 10.2 Å². The molecule has 2 aromatic heterocycles. The number of anilines is 2. The lowest BCUT2D eigenvalue weighted by atomic mass is 10.3. The van der Waals surface area contributed by atoms with Crippen LogP contribution in [-0.2, 0) is 0 Å². The molecule has 0 bridgehead atoms. The molecule has 0 amide bonds. The first-order valence-corrected chi connectivity index (χ1v) is 7.21. The minimum absolute atomic E-state index is 0.0798. The lowest BCUT2D eigenvalue weighted by molar-refractivity contribution is -0.384. The lowest BCUT2D eigenvalue weighted by Gasteiger charge is -2.06. The van der Waals surface area contributed by atoms with Crippen molar-refractivity contribution in [1.29, 1.82) is 0 Å². The SMILES string of the molecule is O=[N+]([O-])c1cc(Br)cnc1Nc1ccc2ncsc2c1. The van der Waals surface area contributed by atoms with Crippen molar-refractivity contribution >= 4 is 54.7 Å². The quantitative estimate of drug-likeness (QED) is 0.567. The van der Waals surface area contributed by atoms with Crippen LogP contribution in [0.2, 0.25) is 0 Å². The number of rotatable bonds is 3. The first-order chi connectivity index (χ1) is 9.63. The summed E-state index contributed by atoms with van der Waals surface area (Å²) < 4.78 is 1.57. The summed E-state index contributed by atoms with van der Waals surface area (Å²) in [6, 6.07) is 6.98. The Kier molecular flexibility index (Phi) is 3.33. The highest BCUT2D eigenvalue weighted by Crippen LogP contribution is 2.29. The second-order valence-corrected chi connectivity index (χ2v) is 5.74.